The average molecular weight is 192 g/mol. The van der Waals surface area contributed by atoms with Gasteiger partial charge < -0.3 is 10.5 Å². The number of nitrogen functional groups attached to an aromatic ring is 1. The van der Waals surface area contributed by atoms with E-state index in [1.807, 2.05) is 13.1 Å². The molecule has 1 aliphatic rings. The van der Waals surface area contributed by atoms with E-state index in [4.69, 9.17) is 10.5 Å². The molecule has 1 aromatic heterocycles. The Morgan fingerprint density at radius 3 is 3.14 bits per heavy atom. The van der Waals surface area contributed by atoms with Gasteiger partial charge in [-0.3, -0.25) is 0 Å². The maximum Gasteiger partial charge on any atom is 0.126 e. The van der Waals surface area contributed by atoms with Crippen LogP contribution in [0.3, 0.4) is 0 Å². The van der Waals surface area contributed by atoms with Crippen molar-refractivity contribution in [2.24, 2.45) is 0 Å². The number of pyridine rings is 1. The van der Waals surface area contributed by atoms with E-state index in [0.29, 0.717) is 11.7 Å². The van der Waals surface area contributed by atoms with Crippen LogP contribution in [0.1, 0.15) is 29.9 Å². The molecule has 3 nitrogen and oxygen atoms in total. The largest absolute Gasteiger partial charge is 0.383 e. The van der Waals surface area contributed by atoms with Gasteiger partial charge in [0.25, 0.3) is 0 Å². The first-order chi connectivity index (χ1) is 6.77. The summed E-state index contributed by atoms with van der Waals surface area (Å²) in [5, 5.41) is 0. The molecule has 0 saturated carbocycles. The summed E-state index contributed by atoms with van der Waals surface area (Å²) >= 11 is 0. The van der Waals surface area contributed by atoms with Crippen molar-refractivity contribution in [3.05, 3.63) is 23.4 Å². The lowest BCUT2D eigenvalue weighted by Crippen LogP contribution is -2.17. The van der Waals surface area contributed by atoms with E-state index >= 15 is 0 Å². The van der Waals surface area contributed by atoms with Gasteiger partial charge in [-0.15, -0.1) is 0 Å². The summed E-state index contributed by atoms with van der Waals surface area (Å²) < 4.78 is 5.45. The minimum atomic E-state index is 0.441. The Hall–Kier alpha value is -1.09. The summed E-state index contributed by atoms with van der Waals surface area (Å²) in [6.07, 6.45) is 4.09. The number of aromatic nitrogens is 1. The van der Waals surface area contributed by atoms with Crippen LogP contribution in [0.5, 0.6) is 0 Å². The van der Waals surface area contributed by atoms with Crippen molar-refractivity contribution in [3.63, 3.8) is 0 Å². The molecule has 1 atom stereocenters. The molecule has 14 heavy (non-hydrogen) atoms. The zero-order valence-corrected chi connectivity index (χ0v) is 8.49. The Kier molecular flexibility index (Phi) is 2.68. The summed E-state index contributed by atoms with van der Waals surface area (Å²) in [5.41, 5.74) is 8.18. The molecular formula is C11H16N2O. The Morgan fingerprint density at radius 1 is 1.57 bits per heavy atom. The number of rotatable bonds is 1. The Morgan fingerprint density at radius 2 is 2.43 bits per heavy atom. The van der Waals surface area contributed by atoms with Gasteiger partial charge in [0, 0.05) is 18.7 Å². The van der Waals surface area contributed by atoms with Gasteiger partial charge in [-0.05, 0) is 30.9 Å². The molecule has 0 spiro atoms. The smallest absolute Gasteiger partial charge is 0.126 e. The summed E-state index contributed by atoms with van der Waals surface area (Å²) in [6, 6.07) is 2.13. The Balaban J connectivity index is 2.24. The lowest BCUT2D eigenvalue weighted by molar-refractivity contribution is 0.0805. The van der Waals surface area contributed by atoms with Crippen molar-refractivity contribution in [1.29, 1.82) is 0 Å². The highest BCUT2D eigenvalue weighted by atomic mass is 16.5. The maximum absolute atomic E-state index is 5.85. The van der Waals surface area contributed by atoms with Crippen molar-refractivity contribution >= 4 is 5.82 Å². The van der Waals surface area contributed by atoms with E-state index in [9.17, 15) is 0 Å². The van der Waals surface area contributed by atoms with Crippen LogP contribution in [0.4, 0.5) is 5.82 Å². The van der Waals surface area contributed by atoms with Gasteiger partial charge in [-0.25, -0.2) is 4.98 Å². The molecule has 1 saturated heterocycles. The molecular weight excluding hydrogens is 176 g/mol. The first-order valence-corrected chi connectivity index (χ1v) is 5.07. The topological polar surface area (TPSA) is 48.1 Å². The fourth-order valence-corrected chi connectivity index (χ4v) is 1.92. The van der Waals surface area contributed by atoms with Gasteiger partial charge in [-0.1, -0.05) is 6.07 Å². The highest BCUT2D eigenvalue weighted by molar-refractivity contribution is 5.43. The zero-order chi connectivity index (χ0) is 9.97. The highest BCUT2D eigenvalue weighted by Crippen LogP contribution is 2.28. The number of hydrogen-bond donors (Lipinski definition) is 1. The third-order valence-corrected chi connectivity index (χ3v) is 2.69. The Labute approximate surface area is 84.3 Å². The van der Waals surface area contributed by atoms with Crippen molar-refractivity contribution in [1.82, 2.24) is 4.98 Å². The lowest BCUT2D eigenvalue weighted by atomic mass is 9.93. The highest BCUT2D eigenvalue weighted by Gasteiger charge is 2.18. The summed E-state index contributed by atoms with van der Waals surface area (Å²) in [7, 11) is 0. The fraction of sp³-hybridized carbons (Fsp3) is 0.545. The molecule has 0 aliphatic carbocycles. The van der Waals surface area contributed by atoms with Crippen LogP contribution in [0.15, 0.2) is 12.3 Å². The SMILES string of the molecule is Cc1cnc(N)c(C2CCCOC2)c1. The van der Waals surface area contributed by atoms with Crippen LogP contribution in [-0.4, -0.2) is 18.2 Å². The predicted molar refractivity (Wildman–Crippen MR) is 56.2 cm³/mol. The van der Waals surface area contributed by atoms with E-state index in [1.54, 1.807) is 0 Å². The molecule has 0 radical (unpaired) electrons. The van der Waals surface area contributed by atoms with Gasteiger partial charge >= 0.3 is 0 Å². The first-order valence-electron chi connectivity index (χ1n) is 5.07. The van der Waals surface area contributed by atoms with E-state index in [1.165, 1.54) is 5.56 Å². The summed E-state index contributed by atoms with van der Waals surface area (Å²) in [5.74, 6) is 1.10. The van der Waals surface area contributed by atoms with Crippen molar-refractivity contribution in [2.45, 2.75) is 25.7 Å². The molecule has 2 heterocycles. The van der Waals surface area contributed by atoms with Crippen molar-refractivity contribution in [2.75, 3.05) is 18.9 Å². The third kappa shape index (κ3) is 1.87. The van der Waals surface area contributed by atoms with Crippen LogP contribution in [0, 0.1) is 6.92 Å². The molecule has 0 bridgehead atoms. The number of aryl methyl sites for hydroxylation is 1. The molecule has 1 fully saturated rings. The fourth-order valence-electron chi connectivity index (χ4n) is 1.92. The number of anilines is 1. The number of nitrogens with two attached hydrogens (primary N) is 1. The number of ether oxygens (including phenoxy) is 1. The summed E-state index contributed by atoms with van der Waals surface area (Å²) in [4.78, 5) is 4.18. The van der Waals surface area contributed by atoms with Crippen LogP contribution in [0.25, 0.3) is 0 Å². The average Bonchev–Trinajstić information content (AvgIpc) is 2.23. The normalized spacial score (nSPS) is 22.2. The molecule has 2 rings (SSSR count). The monoisotopic (exact) mass is 192 g/mol. The van der Waals surface area contributed by atoms with Gasteiger partial charge in [0.15, 0.2) is 0 Å². The van der Waals surface area contributed by atoms with Gasteiger partial charge in [0.1, 0.15) is 5.82 Å². The maximum atomic E-state index is 5.85. The van der Waals surface area contributed by atoms with Crippen LogP contribution in [0.2, 0.25) is 0 Å². The molecule has 1 unspecified atom stereocenters. The first kappa shape index (κ1) is 9.46. The second kappa shape index (κ2) is 3.96. The van der Waals surface area contributed by atoms with Gasteiger partial charge in [-0.2, -0.15) is 0 Å². The number of nitrogens with zero attached hydrogens (tertiary/aromatic N) is 1. The number of hydrogen-bond acceptors (Lipinski definition) is 3. The molecule has 76 valence electrons. The minimum absolute atomic E-state index is 0.441. The predicted octanol–water partition coefficient (Wildman–Crippen LogP) is 1.87. The second-order valence-corrected chi connectivity index (χ2v) is 3.90. The van der Waals surface area contributed by atoms with Crippen molar-refractivity contribution in [3.8, 4) is 0 Å². The minimum Gasteiger partial charge on any atom is -0.383 e. The van der Waals surface area contributed by atoms with Crippen LogP contribution >= 0.6 is 0 Å². The van der Waals surface area contributed by atoms with E-state index in [-0.39, 0.29) is 0 Å². The van der Waals surface area contributed by atoms with Crippen LogP contribution < -0.4 is 5.73 Å². The van der Waals surface area contributed by atoms with E-state index < -0.39 is 0 Å². The molecule has 1 aliphatic heterocycles. The Bertz CT molecular complexity index is 319. The quantitative estimate of drug-likeness (QED) is 0.739. The molecule has 0 aromatic carbocycles. The molecule has 1 aromatic rings. The standard InChI is InChI=1S/C11H16N2O/c1-8-5-10(11(12)13-6-8)9-3-2-4-14-7-9/h5-6,9H,2-4,7H2,1H3,(H2,12,13). The van der Waals surface area contributed by atoms with Crippen LogP contribution in [-0.2, 0) is 4.74 Å². The molecule has 2 N–H and O–H groups in total. The second-order valence-electron chi connectivity index (χ2n) is 3.90. The van der Waals surface area contributed by atoms with E-state index in [2.05, 4.69) is 11.1 Å². The molecule has 3 heteroatoms. The van der Waals surface area contributed by atoms with E-state index in [0.717, 1.165) is 31.6 Å². The van der Waals surface area contributed by atoms with Gasteiger partial charge in [0.2, 0.25) is 0 Å². The zero-order valence-electron chi connectivity index (χ0n) is 8.49. The van der Waals surface area contributed by atoms with Gasteiger partial charge in [0.05, 0.1) is 6.61 Å². The van der Waals surface area contributed by atoms with Crippen molar-refractivity contribution < 1.29 is 4.74 Å². The molecule has 0 amide bonds. The summed E-state index contributed by atoms with van der Waals surface area (Å²) in [6.45, 7) is 3.71. The lowest BCUT2D eigenvalue weighted by Gasteiger charge is -2.23. The third-order valence-electron chi connectivity index (χ3n) is 2.69.